The smallest absolute Gasteiger partial charge is 0.142 e. The van der Waals surface area contributed by atoms with E-state index in [1.807, 2.05) is 12.1 Å². The molecule has 0 fully saturated rings. The first-order valence-electron chi connectivity index (χ1n) is 6.56. The quantitative estimate of drug-likeness (QED) is 0.780. The van der Waals surface area contributed by atoms with Crippen LogP contribution in [0.1, 0.15) is 23.2 Å². The summed E-state index contributed by atoms with van der Waals surface area (Å²) in [6.45, 7) is 1.86. The maximum atomic E-state index is 8.94. The second kappa shape index (κ2) is 5.11. The van der Waals surface area contributed by atoms with Gasteiger partial charge in [0.05, 0.1) is 0 Å². The van der Waals surface area contributed by atoms with Gasteiger partial charge in [0.25, 0.3) is 0 Å². The third kappa shape index (κ3) is 2.43. The summed E-state index contributed by atoms with van der Waals surface area (Å²) in [6, 6.07) is 16.3. The molecule has 0 unspecified atom stereocenters. The number of anilines is 1. The van der Waals surface area contributed by atoms with Gasteiger partial charge < -0.3 is 4.90 Å². The normalized spacial score (nSPS) is 14.4. The Kier molecular flexibility index (Phi) is 3.16. The van der Waals surface area contributed by atoms with Crippen LogP contribution in [0, 0.1) is 11.3 Å². The molecule has 0 N–H and O–H groups in total. The summed E-state index contributed by atoms with van der Waals surface area (Å²) in [4.78, 5) is 6.65. The van der Waals surface area contributed by atoms with Crippen molar-refractivity contribution in [2.75, 3.05) is 11.4 Å². The molecule has 3 nitrogen and oxygen atoms in total. The molecule has 1 aliphatic heterocycles. The number of nitrogens with zero attached hydrogens (tertiary/aromatic N) is 3. The lowest BCUT2D eigenvalue weighted by molar-refractivity contribution is 0.754. The lowest BCUT2D eigenvalue weighted by Crippen LogP contribution is -2.23. The average Bonchev–Trinajstić information content (AvgIpc) is 2.69. The third-order valence-electron chi connectivity index (χ3n) is 3.53. The van der Waals surface area contributed by atoms with Gasteiger partial charge in [-0.25, -0.2) is 4.98 Å². The number of hydrogen-bond acceptors (Lipinski definition) is 3. The lowest BCUT2D eigenvalue weighted by atomic mass is 10.0. The Bertz CT molecular complexity index is 628. The first-order chi connectivity index (χ1) is 9.36. The molecule has 19 heavy (non-hydrogen) atoms. The molecular formula is C16H15N3. The van der Waals surface area contributed by atoms with E-state index in [4.69, 9.17) is 5.26 Å². The maximum absolute atomic E-state index is 8.94. The second-order valence-corrected chi connectivity index (χ2v) is 4.79. The highest BCUT2D eigenvalue weighted by atomic mass is 15.2. The summed E-state index contributed by atoms with van der Waals surface area (Å²) in [5, 5.41) is 8.94. The number of aryl methyl sites for hydroxylation is 1. The topological polar surface area (TPSA) is 39.9 Å². The number of pyridine rings is 1. The van der Waals surface area contributed by atoms with Crippen molar-refractivity contribution in [3.63, 3.8) is 0 Å². The first-order valence-corrected chi connectivity index (χ1v) is 6.56. The fourth-order valence-electron chi connectivity index (χ4n) is 2.56. The van der Waals surface area contributed by atoms with Crippen molar-refractivity contribution < 1.29 is 0 Å². The van der Waals surface area contributed by atoms with Gasteiger partial charge in [-0.2, -0.15) is 5.26 Å². The molecule has 2 heterocycles. The van der Waals surface area contributed by atoms with E-state index in [0.29, 0.717) is 5.69 Å². The van der Waals surface area contributed by atoms with Crippen LogP contribution in [-0.4, -0.2) is 11.5 Å². The molecule has 3 rings (SSSR count). The molecule has 2 aromatic rings. The van der Waals surface area contributed by atoms with Crippen LogP contribution in [0.2, 0.25) is 0 Å². The average molecular weight is 249 g/mol. The van der Waals surface area contributed by atoms with Gasteiger partial charge in [0.1, 0.15) is 17.6 Å². The van der Waals surface area contributed by atoms with E-state index < -0.39 is 0 Å². The zero-order valence-corrected chi connectivity index (χ0v) is 10.7. The van der Waals surface area contributed by atoms with E-state index in [0.717, 1.165) is 31.7 Å². The molecule has 0 radical (unpaired) electrons. The molecule has 0 spiro atoms. The molecule has 0 atom stereocenters. The Balaban J connectivity index is 1.92. The van der Waals surface area contributed by atoms with Crippen molar-refractivity contribution in [3.05, 3.63) is 59.3 Å². The van der Waals surface area contributed by atoms with Crippen molar-refractivity contribution in [1.29, 1.82) is 5.26 Å². The monoisotopic (exact) mass is 249 g/mol. The number of benzene rings is 1. The van der Waals surface area contributed by atoms with Gasteiger partial charge in [0, 0.05) is 13.1 Å². The van der Waals surface area contributed by atoms with Crippen LogP contribution in [-0.2, 0) is 13.0 Å². The zero-order valence-electron chi connectivity index (χ0n) is 10.7. The zero-order chi connectivity index (χ0) is 13.1. The fraction of sp³-hybridized carbons (Fsp3) is 0.250. The summed E-state index contributed by atoms with van der Waals surface area (Å²) in [6.07, 6.45) is 2.24. The van der Waals surface area contributed by atoms with Crippen LogP contribution in [0.15, 0.2) is 42.5 Å². The second-order valence-electron chi connectivity index (χ2n) is 4.79. The molecule has 1 aliphatic rings. The van der Waals surface area contributed by atoms with Crippen LogP contribution in [0.4, 0.5) is 5.82 Å². The molecule has 94 valence electrons. The van der Waals surface area contributed by atoms with E-state index in [2.05, 4.69) is 40.2 Å². The Morgan fingerprint density at radius 1 is 1.05 bits per heavy atom. The van der Waals surface area contributed by atoms with E-state index in [1.165, 1.54) is 11.1 Å². The van der Waals surface area contributed by atoms with Crippen LogP contribution >= 0.6 is 0 Å². The minimum Gasteiger partial charge on any atom is -0.352 e. The van der Waals surface area contributed by atoms with E-state index >= 15 is 0 Å². The van der Waals surface area contributed by atoms with Crippen LogP contribution in [0.5, 0.6) is 0 Å². The van der Waals surface area contributed by atoms with Crippen molar-refractivity contribution in [3.8, 4) is 6.07 Å². The third-order valence-corrected chi connectivity index (χ3v) is 3.53. The SMILES string of the molecule is N#Cc1cccc(N2CCCc3ccccc3C2)n1. The standard InChI is InChI=1S/C16H15N3/c17-11-15-8-3-9-16(18-15)19-10-4-7-13-5-1-2-6-14(13)12-19/h1-3,5-6,8-9H,4,7,10,12H2. The Hall–Kier alpha value is -2.34. The molecular weight excluding hydrogens is 234 g/mol. The highest BCUT2D eigenvalue weighted by Gasteiger charge is 2.15. The minimum absolute atomic E-state index is 0.482. The van der Waals surface area contributed by atoms with Gasteiger partial charge in [0.2, 0.25) is 0 Å². The molecule has 1 aromatic heterocycles. The lowest BCUT2D eigenvalue weighted by Gasteiger charge is -2.22. The summed E-state index contributed by atoms with van der Waals surface area (Å²) in [5.74, 6) is 0.899. The number of hydrogen-bond donors (Lipinski definition) is 0. The van der Waals surface area contributed by atoms with E-state index in [1.54, 1.807) is 6.07 Å². The first kappa shape index (κ1) is 11.7. The minimum atomic E-state index is 0.482. The fourth-order valence-corrected chi connectivity index (χ4v) is 2.56. The summed E-state index contributed by atoms with van der Waals surface area (Å²) in [7, 11) is 0. The highest BCUT2D eigenvalue weighted by Crippen LogP contribution is 2.22. The highest BCUT2D eigenvalue weighted by molar-refractivity contribution is 5.44. The summed E-state index contributed by atoms with van der Waals surface area (Å²) < 4.78 is 0. The van der Waals surface area contributed by atoms with Gasteiger partial charge in [-0.3, -0.25) is 0 Å². The molecule has 0 saturated carbocycles. The predicted molar refractivity (Wildman–Crippen MR) is 74.8 cm³/mol. The van der Waals surface area contributed by atoms with Crippen molar-refractivity contribution in [2.24, 2.45) is 0 Å². The number of aromatic nitrogens is 1. The summed E-state index contributed by atoms with van der Waals surface area (Å²) in [5.41, 5.74) is 3.28. The largest absolute Gasteiger partial charge is 0.352 e. The Morgan fingerprint density at radius 3 is 2.74 bits per heavy atom. The van der Waals surface area contributed by atoms with E-state index in [9.17, 15) is 0 Å². The Labute approximate surface area is 113 Å². The van der Waals surface area contributed by atoms with Crippen molar-refractivity contribution in [2.45, 2.75) is 19.4 Å². The number of nitriles is 1. The van der Waals surface area contributed by atoms with Gasteiger partial charge in [-0.1, -0.05) is 30.3 Å². The van der Waals surface area contributed by atoms with E-state index in [-0.39, 0.29) is 0 Å². The molecule has 1 aromatic carbocycles. The molecule has 0 aliphatic carbocycles. The van der Waals surface area contributed by atoms with Crippen LogP contribution in [0.3, 0.4) is 0 Å². The van der Waals surface area contributed by atoms with Crippen molar-refractivity contribution >= 4 is 5.82 Å². The molecule has 0 bridgehead atoms. The molecule has 0 amide bonds. The van der Waals surface area contributed by atoms with Gasteiger partial charge in [0.15, 0.2) is 0 Å². The van der Waals surface area contributed by atoms with Crippen LogP contribution < -0.4 is 4.90 Å². The Morgan fingerprint density at radius 2 is 1.89 bits per heavy atom. The predicted octanol–water partition coefficient (Wildman–Crippen LogP) is 2.91. The maximum Gasteiger partial charge on any atom is 0.142 e. The van der Waals surface area contributed by atoms with Crippen LogP contribution in [0.25, 0.3) is 0 Å². The van der Waals surface area contributed by atoms with Gasteiger partial charge in [-0.15, -0.1) is 0 Å². The van der Waals surface area contributed by atoms with Gasteiger partial charge in [-0.05, 0) is 36.1 Å². The van der Waals surface area contributed by atoms with Gasteiger partial charge >= 0.3 is 0 Å². The number of fused-ring (bicyclic) bond motifs is 1. The molecule has 0 saturated heterocycles. The number of rotatable bonds is 1. The van der Waals surface area contributed by atoms with Crippen molar-refractivity contribution in [1.82, 2.24) is 4.98 Å². The molecule has 3 heteroatoms. The summed E-state index contributed by atoms with van der Waals surface area (Å²) >= 11 is 0.